The lowest BCUT2D eigenvalue weighted by atomic mass is 9.92. The normalized spacial score (nSPS) is 25.3. The Hall–Kier alpha value is -1.66. The summed E-state index contributed by atoms with van der Waals surface area (Å²) in [5, 5.41) is 11.3. The Morgan fingerprint density at radius 2 is 1.67 bits per heavy atom. The van der Waals surface area contributed by atoms with Crippen molar-refractivity contribution >= 4 is 25.3 Å². The van der Waals surface area contributed by atoms with E-state index in [2.05, 4.69) is 46.8 Å². The molecule has 0 aromatic heterocycles. The minimum atomic E-state index is -2.48. The lowest BCUT2D eigenvalue weighted by Crippen LogP contribution is -2.66. The monoisotopic (exact) mass is 433 g/mol. The molecule has 5 nitrogen and oxygen atoms in total. The summed E-state index contributed by atoms with van der Waals surface area (Å²) in [6, 6.07) is 9.81. The molecule has 0 radical (unpaired) electrons. The molecule has 1 heterocycles. The van der Waals surface area contributed by atoms with Crippen LogP contribution in [0.25, 0.3) is 0 Å². The third-order valence-corrected chi connectivity index (χ3v) is 14.7. The van der Waals surface area contributed by atoms with E-state index in [-0.39, 0.29) is 12.5 Å². The molecule has 0 unspecified atom stereocenters. The maximum absolute atomic E-state index is 13.5. The zero-order valence-electron chi connectivity index (χ0n) is 20.0. The van der Waals surface area contributed by atoms with E-state index in [0.29, 0.717) is 11.1 Å². The maximum Gasteiger partial charge on any atom is 0.417 e. The molecule has 1 aliphatic rings. The van der Waals surface area contributed by atoms with Gasteiger partial charge >= 0.3 is 6.09 Å². The molecule has 0 saturated carbocycles. The quantitative estimate of drug-likeness (QED) is 0.684. The van der Waals surface area contributed by atoms with Crippen molar-refractivity contribution in [1.29, 1.82) is 0 Å². The van der Waals surface area contributed by atoms with Gasteiger partial charge in [-0.1, -0.05) is 77.1 Å². The zero-order valence-corrected chi connectivity index (χ0v) is 21.0. The number of aliphatic hydroxyl groups excluding tert-OH is 1. The SMILES string of the molecule is CC(C)[Si](c1ccccc1)(C(C)C)[C@@]1(C)[C@H](CO)N(C(=O)OC(C)(C)C)C(=O)[C@@H]1C. The summed E-state index contributed by atoms with van der Waals surface area (Å²) in [4.78, 5) is 27.8. The molecule has 3 atom stereocenters. The van der Waals surface area contributed by atoms with Crippen LogP contribution in [0.4, 0.5) is 4.79 Å². The van der Waals surface area contributed by atoms with Crippen LogP contribution in [0.15, 0.2) is 30.3 Å². The summed E-state index contributed by atoms with van der Waals surface area (Å²) in [6.07, 6.45) is -0.661. The molecule has 6 heteroatoms. The number of amides is 2. The number of imide groups is 1. The van der Waals surface area contributed by atoms with Gasteiger partial charge in [0, 0.05) is 11.0 Å². The Kier molecular flexibility index (Phi) is 6.94. The fourth-order valence-electron chi connectivity index (χ4n) is 6.21. The fourth-order valence-corrected chi connectivity index (χ4v) is 14.3. The van der Waals surface area contributed by atoms with Crippen molar-refractivity contribution in [2.75, 3.05) is 6.61 Å². The summed E-state index contributed by atoms with van der Waals surface area (Å²) in [5.41, 5.74) is -0.121. The Morgan fingerprint density at radius 1 is 1.17 bits per heavy atom. The van der Waals surface area contributed by atoms with Gasteiger partial charge in [-0.2, -0.15) is 0 Å². The molecular weight excluding hydrogens is 394 g/mol. The molecular formula is C24H39NO4Si. The average molecular weight is 434 g/mol. The number of hydrogen-bond donors (Lipinski definition) is 1. The molecule has 1 fully saturated rings. The lowest BCUT2D eigenvalue weighted by Gasteiger charge is -2.55. The molecule has 1 aromatic rings. The number of nitrogens with zero attached hydrogens (tertiary/aromatic N) is 1. The van der Waals surface area contributed by atoms with Gasteiger partial charge in [-0.15, -0.1) is 0 Å². The Balaban J connectivity index is 2.76. The van der Waals surface area contributed by atoms with Crippen molar-refractivity contribution in [1.82, 2.24) is 4.90 Å². The van der Waals surface area contributed by atoms with Crippen LogP contribution in [-0.2, 0) is 9.53 Å². The number of aliphatic hydroxyl groups is 1. The highest BCUT2D eigenvalue weighted by atomic mass is 28.3. The summed E-state index contributed by atoms with van der Waals surface area (Å²) in [7, 11) is -2.48. The van der Waals surface area contributed by atoms with E-state index in [1.54, 1.807) is 20.8 Å². The molecule has 0 spiro atoms. The number of carbonyl (C=O) groups is 2. The van der Waals surface area contributed by atoms with Gasteiger partial charge in [0.1, 0.15) is 13.7 Å². The summed E-state index contributed by atoms with van der Waals surface area (Å²) in [5.74, 6) is -0.654. The second-order valence-electron chi connectivity index (χ2n) is 10.4. The van der Waals surface area contributed by atoms with Crippen molar-refractivity contribution in [3.63, 3.8) is 0 Å². The van der Waals surface area contributed by atoms with Crippen LogP contribution < -0.4 is 5.19 Å². The van der Waals surface area contributed by atoms with Crippen LogP contribution in [-0.4, -0.2) is 48.3 Å². The second kappa shape index (κ2) is 8.46. The first kappa shape index (κ1) is 24.6. The van der Waals surface area contributed by atoms with Crippen LogP contribution in [0.3, 0.4) is 0 Å². The van der Waals surface area contributed by atoms with Gasteiger partial charge in [-0.25, -0.2) is 9.69 Å². The van der Waals surface area contributed by atoms with E-state index in [9.17, 15) is 14.7 Å². The first-order valence-corrected chi connectivity index (χ1v) is 13.1. The molecule has 0 aliphatic carbocycles. The number of rotatable bonds is 5. The van der Waals surface area contributed by atoms with Crippen LogP contribution in [0.5, 0.6) is 0 Å². The number of benzene rings is 1. The van der Waals surface area contributed by atoms with E-state index in [0.717, 1.165) is 0 Å². The molecule has 1 N–H and O–H groups in total. The van der Waals surface area contributed by atoms with Gasteiger partial charge in [-0.05, 0) is 31.9 Å². The lowest BCUT2D eigenvalue weighted by molar-refractivity contribution is -0.131. The van der Waals surface area contributed by atoms with Gasteiger partial charge in [0.15, 0.2) is 0 Å². The van der Waals surface area contributed by atoms with Crippen molar-refractivity contribution in [2.24, 2.45) is 5.92 Å². The predicted octanol–water partition coefficient (Wildman–Crippen LogP) is 4.70. The molecule has 30 heavy (non-hydrogen) atoms. The van der Waals surface area contributed by atoms with Crippen LogP contribution in [0.1, 0.15) is 62.3 Å². The van der Waals surface area contributed by atoms with Crippen molar-refractivity contribution in [3.05, 3.63) is 30.3 Å². The first-order valence-electron chi connectivity index (χ1n) is 11.0. The van der Waals surface area contributed by atoms with Gasteiger partial charge in [0.2, 0.25) is 5.91 Å². The Bertz CT molecular complexity index is 763. The highest BCUT2D eigenvalue weighted by Crippen LogP contribution is 2.61. The molecule has 1 saturated heterocycles. The van der Waals surface area contributed by atoms with Crippen molar-refractivity contribution in [2.45, 2.75) is 90.1 Å². The van der Waals surface area contributed by atoms with Crippen LogP contribution in [0, 0.1) is 5.92 Å². The van der Waals surface area contributed by atoms with Crippen molar-refractivity contribution < 1.29 is 19.4 Å². The number of ether oxygens (including phenoxy) is 1. The van der Waals surface area contributed by atoms with E-state index < -0.39 is 36.8 Å². The van der Waals surface area contributed by atoms with Crippen molar-refractivity contribution in [3.8, 4) is 0 Å². The average Bonchev–Trinajstić information content (AvgIpc) is 2.82. The molecule has 1 aliphatic heterocycles. The molecule has 2 amide bonds. The van der Waals surface area contributed by atoms with Gasteiger partial charge in [-0.3, -0.25) is 4.79 Å². The molecule has 2 rings (SSSR count). The predicted molar refractivity (Wildman–Crippen MR) is 124 cm³/mol. The highest BCUT2D eigenvalue weighted by Gasteiger charge is 2.68. The van der Waals surface area contributed by atoms with Crippen LogP contribution >= 0.6 is 0 Å². The number of likely N-dealkylation sites (tertiary alicyclic amines) is 1. The van der Waals surface area contributed by atoms with E-state index in [1.165, 1.54) is 10.1 Å². The van der Waals surface area contributed by atoms with E-state index >= 15 is 0 Å². The minimum absolute atomic E-state index is 0.250. The standard InChI is InChI=1S/C24H39NO4Si/c1-16(2)30(17(3)4,19-13-11-10-12-14-19)24(9)18(5)21(27)25(20(24)15-26)22(28)29-23(6,7)8/h10-14,16-18,20,26H,15H2,1-9H3/t18-,20-,24+/m0/s1. The Labute approximate surface area is 182 Å². The maximum atomic E-state index is 13.5. The summed E-state index contributed by atoms with van der Waals surface area (Å²) in [6.45, 7) is 18.0. The Morgan fingerprint density at radius 3 is 2.07 bits per heavy atom. The highest BCUT2D eigenvalue weighted by molar-refractivity contribution is 6.96. The fraction of sp³-hybridized carbons (Fsp3) is 0.667. The molecule has 168 valence electrons. The topological polar surface area (TPSA) is 66.8 Å². The number of hydrogen-bond acceptors (Lipinski definition) is 4. The summed E-state index contributed by atoms with van der Waals surface area (Å²) >= 11 is 0. The second-order valence-corrected chi connectivity index (χ2v) is 16.1. The minimum Gasteiger partial charge on any atom is -0.443 e. The van der Waals surface area contributed by atoms with Gasteiger partial charge in [0.25, 0.3) is 0 Å². The third kappa shape index (κ3) is 3.62. The summed E-state index contributed by atoms with van der Waals surface area (Å²) < 4.78 is 5.58. The number of carbonyl (C=O) groups excluding carboxylic acids is 2. The zero-order chi connectivity index (χ0) is 23.1. The largest absolute Gasteiger partial charge is 0.443 e. The smallest absolute Gasteiger partial charge is 0.417 e. The first-order chi connectivity index (χ1) is 13.8. The molecule has 0 bridgehead atoms. The van der Waals surface area contributed by atoms with Gasteiger partial charge < -0.3 is 9.84 Å². The third-order valence-electron chi connectivity index (χ3n) is 7.24. The molecule has 1 aromatic carbocycles. The van der Waals surface area contributed by atoms with Crippen LogP contribution in [0.2, 0.25) is 16.1 Å². The van der Waals surface area contributed by atoms with Gasteiger partial charge in [0.05, 0.1) is 12.6 Å². The van der Waals surface area contributed by atoms with E-state index in [1.807, 2.05) is 25.1 Å². The van der Waals surface area contributed by atoms with E-state index in [4.69, 9.17) is 4.74 Å².